The second-order valence-electron chi connectivity index (χ2n) is 7.35. The zero-order chi connectivity index (χ0) is 23.1. The van der Waals surface area contributed by atoms with Crippen LogP contribution in [0.4, 0.5) is 0 Å². The van der Waals surface area contributed by atoms with Crippen molar-refractivity contribution < 1.29 is 19.0 Å². The highest BCUT2D eigenvalue weighted by Gasteiger charge is 2.14. The van der Waals surface area contributed by atoms with E-state index in [4.69, 9.17) is 14.2 Å². The average Bonchev–Trinajstić information content (AvgIpc) is 2.77. The Kier molecular flexibility index (Phi) is 8.80. The molecule has 0 aliphatic heterocycles. The molecule has 0 fully saturated rings. The minimum atomic E-state index is -0.149. The molecule has 0 saturated carbocycles. The highest BCUT2D eigenvalue weighted by Crippen LogP contribution is 2.37. The number of ether oxygens (including phenoxy) is 3. The van der Waals surface area contributed by atoms with Crippen molar-refractivity contribution >= 4 is 23.9 Å². The number of nitrogens with one attached hydrogen (secondary N) is 1. The number of rotatable bonds is 9. The summed E-state index contributed by atoms with van der Waals surface area (Å²) in [7, 11) is 4.66. The SMILES string of the molecule is COc1cc(/C=N/NC(=O)CSCc2c(C)c(C)c(C)c(C)c2C)cc(OC)c1OC. The zero-order valence-electron chi connectivity index (χ0n) is 19.6. The third-order valence-corrected chi connectivity index (χ3v) is 6.68. The summed E-state index contributed by atoms with van der Waals surface area (Å²) >= 11 is 1.59. The van der Waals surface area contributed by atoms with Gasteiger partial charge < -0.3 is 14.2 Å². The Labute approximate surface area is 189 Å². The van der Waals surface area contributed by atoms with Gasteiger partial charge in [0, 0.05) is 11.3 Å². The molecule has 168 valence electrons. The number of hydrogen-bond acceptors (Lipinski definition) is 6. The second-order valence-corrected chi connectivity index (χ2v) is 8.33. The lowest BCUT2D eigenvalue weighted by Gasteiger charge is -2.18. The summed E-state index contributed by atoms with van der Waals surface area (Å²) in [6, 6.07) is 3.53. The summed E-state index contributed by atoms with van der Waals surface area (Å²) in [5.74, 6) is 2.54. The minimum Gasteiger partial charge on any atom is -0.493 e. The second kappa shape index (κ2) is 11.1. The minimum absolute atomic E-state index is 0.149. The van der Waals surface area contributed by atoms with Crippen molar-refractivity contribution in [3.8, 4) is 17.2 Å². The smallest absolute Gasteiger partial charge is 0.250 e. The van der Waals surface area contributed by atoms with Crippen molar-refractivity contribution in [1.82, 2.24) is 5.43 Å². The van der Waals surface area contributed by atoms with Gasteiger partial charge in [0.05, 0.1) is 33.3 Å². The molecule has 1 N–H and O–H groups in total. The third kappa shape index (κ3) is 5.73. The van der Waals surface area contributed by atoms with E-state index in [0.717, 1.165) is 11.3 Å². The summed E-state index contributed by atoms with van der Waals surface area (Å²) in [5.41, 5.74) is 11.3. The molecule has 6 nitrogen and oxygen atoms in total. The van der Waals surface area contributed by atoms with Crippen LogP contribution in [-0.2, 0) is 10.5 Å². The van der Waals surface area contributed by atoms with E-state index >= 15 is 0 Å². The highest BCUT2D eigenvalue weighted by atomic mass is 32.2. The molecule has 31 heavy (non-hydrogen) atoms. The first-order chi connectivity index (χ1) is 14.7. The van der Waals surface area contributed by atoms with Crippen molar-refractivity contribution in [2.45, 2.75) is 40.4 Å². The van der Waals surface area contributed by atoms with Gasteiger partial charge in [0.15, 0.2) is 11.5 Å². The van der Waals surface area contributed by atoms with E-state index in [2.05, 4.69) is 45.1 Å². The Morgan fingerprint density at radius 3 is 1.90 bits per heavy atom. The summed E-state index contributed by atoms with van der Waals surface area (Å²) in [6.45, 7) is 10.8. The van der Waals surface area contributed by atoms with Gasteiger partial charge in [0.2, 0.25) is 11.7 Å². The van der Waals surface area contributed by atoms with E-state index < -0.39 is 0 Å². The molecule has 0 atom stereocenters. The van der Waals surface area contributed by atoms with Crippen molar-refractivity contribution in [1.29, 1.82) is 0 Å². The Bertz CT molecular complexity index is 932. The Hall–Kier alpha value is -2.67. The number of hydrazone groups is 1. The molecule has 2 rings (SSSR count). The van der Waals surface area contributed by atoms with E-state index in [9.17, 15) is 4.79 Å². The maximum atomic E-state index is 12.2. The van der Waals surface area contributed by atoms with Crippen LogP contribution in [0.15, 0.2) is 17.2 Å². The van der Waals surface area contributed by atoms with Gasteiger partial charge in [-0.25, -0.2) is 5.43 Å². The first-order valence-electron chi connectivity index (χ1n) is 10.0. The lowest BCUT2D eigenvalue weighted by Crippen LogP contribution is -2.19. The fraction of sp³-hybridized carbons (Fsp3) is 0.417. The molecule has 0 saturated heterocycles. The van der Waals surface area contributed by atoms with Crippen molar-refractivity contribution in [3.63, 3.8) is 0 Å². The molecule has 0 heterocycles. The van der Waals surface area contributed by atoms with Crippen molar-refractivity contribution in [2.24, 2.45) is 5.10 Å². The Morgan fingerprint density at radius 2 is 1.42 bits per heavy atom. The molecule has 0 unspecified atom stereocenters. The van der Waals surface area contributed by atoms with Crippen molar-refractivity contribution in [3.05, 3.63) is 51.1 Å². The van der Waals surface area contributed by atoms with Crippen LogP contribution in [0.2, 0.25) is 0 Å². The molecular weight excluding hydrogens is 412 g/mol. The van der Waals surface area contributed by atoms with E-state index in [-0.39, 0.29) is 5.91 Å². The predicted octanol–water partition coefficient (Wildman–Crippen LogP) is 4.64. The van der Waals surface area contributed by atoms with Gasteiger partial charge in [-0.1, -0.05) is 0 Å². The van der Waals surface area contributed by atoms with Crippen LogP contribution in [-0.4, -0.2) is 39.2 Å². The molecular formula is C24H32N2O4S. The third-order valence-electron chi connectivity index (χ3n) is 5.72. The summed E-state index contributed by atoms with van der Waals surface area (Å²) in [5, 5.41) is 4.06. The molecule has 0 aromatic heterocycles. The predicted molar refractivity (Wildman–Crippen MR) is 128 cm³/mol. The van der Waals surface area contributed by atoms with E-state index in [1.807, 2.05) is 0 Å². The van der Waals surface area contributed by atoms with Gasteiger partial charge in [0.25, 0.3) is 0 Å². The van der Waals surface area contributed by atoms with Crippen LogP contribution in [0.3, 0.4) is 0 Å². The summed E-state index contributed by atoms with van der Waals surface area (Å²) in [6.07, 6.45) is 1.55. The Morgan fingerprint density at radius 1 is 0.903 bits per heavy atom. The fourth-order valence-corrected chi connectivity index (χ4v) is 4.42. The first kappa shape index (κ1) is 24.6. The number of amides is 1. The highest BCUT2D eigenvalue weighted by molar-refractivity contribution is 7.99. The molecule has 1 amide bonds. The standard InChI is InChI=1S/C24H32N2O4S/c1-14-15(2)17(4)20(18(5)16(14)3)12-31-13-23(27)26-25-11-19-9-21(28-6)24(30-8)22(10-19)29-7/h9-11H,12-13H2,1-8H3,(H,26,27)/b25-11+. The molecule has 0 bridgehead atoms. The Balaban J connectivity index is 1.97. The summed E-state index contributed by atoms with van der Waals surface area (Å²) < 4.78 is 16.0. The van der Waals surface area contributed by atoms with Gasteiger partial charge >= 0.3 is 0 Å². The topological polar surface area (TPSA) is 69.2 Å². The number of benzene rings is 2. The quantitative estimate of drug-likeness (QED) is 0.451. The maximum Gasteiger partial charge on any atom is 0.250 e. The number of carbonyl (C=O) groups is 1. The van der Waals surface area contributed by atoms with Crippen LogP contribution >= 0.6 is 11.8 Å². The van der Waals surface area contributed by atoms with Gasteiger partial charge in [-0.3, -0.25) is 4.79 Å². The van der Waals surface area contributed by atoms with Crippen LogP contribution in [0.1, 0.15) is 38.9 Å². The maximum absolute atomic E-state index is 12.2. The molecule has 2 aromatic rings. The van der Waals surface area contributed by atoms with E-state index in [0.29, 0.717) is 23.0 Å². The lowest BCUT2D eigenvalue weighted by molar-refractivity contribution is -0.118. The number of thioether (sulfide) groups is 1. The van der Waals surface area contributed by atoms with Crippen LogP contribution in [0.25, 0.3) is 0 Å². The first-order valence-corrected chi connectivity index (χ1v) is 11.2. The average molecular weight is 445 g/mol. The van der Waals surface area contributed by atoms with E-state index in [1.165, 1.54) is 33.4 Å². The van der Waals surface area contributed by atoms with Gasteiger partial charge in [-0.2, -0.15) is 5.10 Å². The largest absolute Gasteiger partial charge is 0.493 e. The molecule has 0 radical (unpaired) electrons. The monoisotopic (exact) mass is 444 g/mol. The summed E-state index contributed by atoms with van der Waals surface area (Å²) in [4.78, 5) is 12.2. The van der Waals surface area contributed by atoms with Crippen LogP contribution in [0, 0.1) is 34.6 Å². The normalized spacial score (nSPS) is 11.0. The molecule has 2 aromatic carbocycles. The number of nitrogens with zero attached hydrogens (tertiary/aromatic N) is 1. The van der Waals surface area contributed by atoms with Gasteiger partial charge in [-0.05, 0) is 80.1 Å². The van der Waals surface area contributed by atoms with Crippen LogP contribution in [0.5, 0.6) is 17.2 Å². The number of carbonyl (C=O) groups excluding carboxylic acids is 1. The molecule has 0 spiro atoms. The lowest BCUT2D eigenvalue weighted by atomic mass is 9.90. The number of hydrogen-bond donors (Lipinski definition) is 1. The van der Waals surface area contributed by atoms with Crippen LogP contribution < -0.4 is 19.6 Å². The molecule has 0 aliphatic carbocycles. The van der Waals surface area contributed by atoms with Gasteiger partial charge in [-0.15, -0.1) is 11.8 Å². The fourth-order valence-electron chi connectivity index (χ4n) is 3.43. The molecule has 0 aliphatic rings. The van der Waals surface area contributed by atoms with E-state index in [1.54, 1.807) is 51.4 Å². The molecule has 7 heteroatoms. The van der Waals surface area contributed by atoms with Crippen molar-refractivity contribution in [2.75, 3.05) is 27.1 Å². The number of methoxy groups -OCH3 is 3. The van der Waals surface area contributed by atoms with Gasteiger partial charge in [0.1, 0.15) is 0 Å². The zero-order valence-corrected chi connectivity index (χ0v) is 20.5.